The Morgan fingerprint density at radius 2 is 1.80 bits per heavy atom. The van der Waals surface area contributed by atoms with E-state index >= 15 is 0 Å². The van der Waals surface area contributed by atoms with Crippen LogP contribution in [0.3, 0.4) is 0 Å². The van der Waals surface area contributed by atoms with Crippen LogP contribution in [0.15, 0.2) is 0 Å². The van der Waals surface area contributed by atoms with Gasteiger partial charge in [0, 0.05) is 0 Å². The molecular formula is C5H9FO4. The summed E-state index contributed by atoms with van der Waals surface area (Å²) >= 11 is 0. The standard InChI is InChI=1S/C5H9FO4/c6-2-1-10-5(9)4(8)3(2)7/h2-5,7-9H,1H2/t2-,3-,4+,5-/m0/s1. The lowest BCUT2D eigenvalue weighted by Crippen LogP contribution is -2.51. The number of aliphatic hydroxyl groups is 3. The molecular weight excluding hydrogens is 143 g/mol. The molecule has 1 aliphatic heterocycles. The molecule has 1 saturated heterocycles. The normalized spacial score (nSPS) is 49.2. The first-order valence-corrected chi connectivity index (χ1v) is 2.93. The third-order valence-corrected chi connectivity index (χ3v) is 1.44. The van der Waals surface area contributed by atoms with E-state index in [0.717, 1.165) is 0 Å². The van der Waals surface area contributed by atoms with E-state index in [-0.39, 0.29) is 6.61 Å². The molecule has 0 bridgehead atoms. The van der Waals surface area contributed by atoms with Gasteiger partial charge in [-0.2, -0.15) is 0 Å². The minimum absolute atomic E-state index is 0.376. The van der Waals surface area contributed by atoms with Gasteiger partial charge in [0.25, 0.3) is 0 Å². The van der Waals surface area contributed by atoms with Crippen LogP contribution in [0.25, 0.3) is 0 Å². The molecule has 0 amide bonds. The summed E-state index contributed by atoms with van der Waals surface area (Å²) in [6.45, 7) is -0.376. The van der Waals surface area contributed by atoms with E-state index in [4.69, 9.17) is 15.3 Å². The third-order valence-electron chi connectivity index (χ3n) is 1.44. The second-order valence-corrected chi connectivity index (χ2v) is 2.22. The minimum Gasteiger partial charge on any atom is -0.387 e. The van der Waals surface area contributed by atoms with Crippen LogP contribution in [-0.2, 0) is 4.74 Å². The van der Waals surface area contributed by atoms with Gasteiger partial charge in [-0.25, -0.2) is 4.39 Å². The van der Waals surface area contributed by atoms with E-state index in [1.807, 2.05) is 0 Å². The molecule has 1 heterocycles. The zero-order chi connectivity index (χ0) is 7.72. The molecule has 0 aromatic rings. The number of ether oxygens (including phenoxy) is 1. The Labute approximate surface area is 56.9 Å². The monoisotopic (exact) mass is 152 g/mol. The highest BCUT2D eigenvalue weighted by atomic mass is 19.1. The molecule has 10 heavy (non-hydrogen) atoms. The molecule has 1 aliphatic rings. The van der Waals surface area contributed by atoms with Crippen molar-refractivity contribution < 1.29 is 24.4 Å². The van der Waals surface area contributed by atoms with Crippen LogP contribution in [-0.4, -0.2) is 46.6 Å². The average molecular weight is 152 g/mol. The summed E-state index contributed by atoms with van der Waals surface area (Å²) in [5.41, 5.74) is 0. The Bertz CT molecular complexity index is 106. The molecule has 5 heteroatoms. The predicted molar refractivity (Wildman–Crippen MR) is 28.9 cm³/mol. The Kier molecular flexibility index (Phi) is 2.20. The highest BCUT2D eigenvalue weighted by molar-refractivity contribution is 4.81. The first-order valence-electron chi connectivity index (χ1n) is 2.93. The molecule has 4 atom stereocenters. The van der Waals surface area contributed by atoms with Crippen LogP contribution in [0.2, 0.25) is 0 Å². The maximum atomic E-state index is 12.4. The first-order chi connectivity index (χ1) is 4.63. The molecule has 0 spiro atoms. The molecule has 60 valence electrons. The van der Waals surface area contributed by atoms with Gasteiger partial charge in [-0.3, -0.25) is 0 Å². The molecule has 0 unspecified atom stereocenters. The van der Waals surface area contributed by atoms with Crippen molar-refractivity contribution in [3.63, 3.8) is 0 Å². The minimum atomic E-state index is -1.61. The fourth-order valence-corrected chi connectivity index (χ4v) is 0.770. The lowest BCUT2D eigenvalue weighted by molar-refractivity contribution is -0.240. The van der Waals surface area contributed by atoms with Crippen molar-refractivity contribution in [2.75, 3.05) is 6.61 Å². The lowest BCUT2D eigenvalue weighted by atomic mass is 10.1. The third kappa shape index (κ3) is 1.27. The van der Waals surface area contributed by atoms with E-state index < -0.39 is 24.7 Å². The Hall–Kier alpha value is -0.230. The van der Waals surface area contributed by atoms with Crippen LogP contribution in [0, 0.1) is 0 Å². The summed E-state index contributed by atoms with van der Waals surface area (Å²) in [5, 5.41) is 26.2. The smallest absolute Gasteiger partial charge is 0.183 e. The highest BCUT2D eigenvalue weighted by Crippen LogP contribution is 2.15. The number of rotatable bonds is 0. The van der Waals surface area contributed by atoms with Gasteiger partial charge in [0.1, 0.15) is 12.2 Å². The van der Waals surface area contributed by atoms with Crippen LogP contribution in [0.4, 0.5) is 4.39 Å². The predicted octanol–water partition coefficient (Wildman–Crippen LogP) is -1.61. The van der Waals surface area contributed by atoms with Crippen molar-refractivity contribution in [1.29, 1.82) is 0 Å². The lowest BCUT2D eigenvalue weighted by Gasteiger charge is -2.30. The van der Waals surface area contributed by atoms with E-state index in [1.54, 1.807) is 0 Å². The van der Waals surface area contributed by atoms with Gasteiger partial charge in [0.05, 0.1) is 6.61 Å². The summed E-state index contributed by atoms with van der Waals surface area (Å²) in [4.78, 5) is 0. The van der Waals surface area contributed by atoms with E-state index in [1.165, 1.54) is 0 Å². The summed E-state index contributed by atoms with van der Waals surface area (Å²) in [6.07, 6.45) is -6.16. The molecule has 0 saturated carbocycles. The van der Waals surface area contributed by atoms with Crippen LogP contribution < -0.4 is 0 Å². The van der Waals surface area contributed by atoms with Crippen LogP contribution in [0.5, 0.6) is 0 Å². The molecule has 1 fully saturated rings. The molecule has 1 rings (SSSR count). The van der Waals surface area contributed by atoms with Gasteiger partial charge < -0.3 is 20.1 Å². The molecule has 0 aliphatic carbocycles. The maximum absolute atomic E-state index is 12.4. The van der Waals surface area contributed by atoms with Gasteiger partial charge in [-0.1, -0.05) is 0 Å². The first kappa shape index (κ1) is 7.87. The Balaban J connectivity index is 2.52. The summed E-state index contributed by atoms with van der Waals surface area (Å²) < 4.78 is 16.7. The van der Waals surface area contributed by atoms with Crippen molar-refractivity contribution in [1.82, 2.24) is 0 Å². The summed E-state index contributed by atoms with van der Waals surface area (Å²) in [5.74, 6) is 0. The van der Waals surface area contributed by atoms with Crippen molar-refractivity contribution in [3.05, 3.63) is 0 Å². The summed E-state index contributed by atoms with van der Waals surface area (Å²) in [6, 6.07) is 0. The van der Waals surface area contributed by atoms with Gasteiger partial charge >= 0.3 is 0 Å². The molecule has 0 aromatic heterocycles. The quantitative estimate of drug-likeness (QED) is 0.391. The molecule has 3 N–H and O–H groups in total. The van der Waals surface area contributed by atoms with Crippen molar-refractivity contribution in [2.45, 2.75) is 24.7 Å². The van der Waals surface area contributed by atoms with Crippen LogP contribution in [0.1, 0.15) is 0 Å². The number of alkyl halides is 1. The number of hydrogen-bond donors (Lipinski definition) is 3. The maximum Gasteiger partial charge on any atom is 0.183 e. The summed E-state index contributed by atoms with van der Waals surface area (Å²) in [7, 11) is 0. The fourth-order valence-electron chi connectivity index (χ4n) is 0.770. The topological polar surface area (TPSA) is 69.9 Å². The van der Waals surface area contributed by atoms with Crippen LogP contribution >= 0.6 is 0 Å². The second-order valence-electron chi connectivity index (χ2n) is 2.22. The van der Waals surface area contributed by atoms with Crippen molar-refractivity contribution in [2.24, 2.45) is 0 Å². The number of hydrogen-bond acceptors (Lipinski definition) is 4. The van der Waals surface area contributed by atoms with Gasteiger partial charge in [-0.15, -0.1) is 0 Å². The Morgan fingerprint density at radius 1 is 1.20 bits per heavy atom. The van der Waals surface area contributed by atoms with E-state index in [9.17, 15) is 4.39 Å². The van der Waals surface area contributed by atoms with Crippen molar-refractivity contribution >= 4 is 0 Å². The van der Waals surface area contributed by atoms with Crippen molar-refractivity contribution in [3.8, 4) is 0 Å². The van der Waals surface area contributed by atoms with E-state index in [0.29, 0.717) is 0 Å². The number of halogens is 1. The molecule has 4 nitrogen and oxygen atoms in total. The SMILES string of the molecule is O[C@@H]1[C@@H](O)[C@@H](O)OC[C@@H]1F. The van der Waals surface area contributed by atoms with Gasteiger partial charge in [0.15, 0.2) is 12.5 Å². The average Bonchev–Trinajstić information content (AvgIpc) is 1.93. The molecule has 0 radical (unpaired) electrons. The zero-order valence-electron chi connectivity index (χ0n) is 5.14. The second kappa shape index (κ2) is 2.79. The Morgan fingerprint density at radius 3 is 2.30 bits per heavy atom. The largest absolute Gasteiger partial charge is 0.387 e. The fraction of sp³-hybridized carbons (Fsp3) is 1.00. The number of aliphatic hydroxyl groups excluding tert-OH is 3. The van der Waals surface area contributed by atoms with Gasteiger partial charge in [-0.05, 0) is 0 Å². The van der Waals surface area contributed by atoms with Gasteiger partial charge in [0.2, 0.25) is 0 Å². The zero-order valence-corrected chi connectivity index (χ0v) is 5.14. The highest BCUT2D eigenvalue weighted by Gasteiger charge is 2.37. The molecule has 0 aromatic carbocycles. The van der Waals surface area contributed by atoms with E-state index in [2.05, 4.69) is 4.74 Å².